The molecule has 1 heterocycles. The summed E-state index contributed by atoms with van der Waals surface area (Å²) in [5, 5.41) is 4.14. The first-order valence-corrected chi connectivity index (χ1v) is 7.37. The van der Waals surface area contributed by atoms with E-state index in [9.17, 15) is 4.79 Å². The standard InChI is InChI=1S/C15H17Cl2N3O/c1-9(10-4-6-18-7-5-10)19-20-14(21)13-11(8-12(16)17)15(13,2)3/h4-8,11,13H,1-3H3,(H,20,21)/b19-9-/t11-,13+/m1/s1. The van der Waals surface area contributed by atoms with Gasteiger partial charge in [0.05, 0.1) is 11.6 Å². The van der Waals surface area contributed by atoms with Crippen LogP contribution < -0.4 is 5.43 Å². The maximum atomic E-state index is 12.2. The molecule has 21 heavy (non-hydrogen) atoms. The van der Waals surface area contributed by atoms with Crippen LogP contribution >= 0.6 is 23.2 Å². The third kappa shape index (κ3) is 3.63. The molecule has 0 saturated heterocycles. The van der Waals surface area contributed by atoms with Crippen LogP contribution in [0.25, 0.3) is 0 Å². The van der Waals surface area contributed by atoms with Gasteiger partial charge in [-0.3, -0.25) is 9.78 Å². The molecule has 2 atom stereocenters. The maximum absolute atomic E-state index is 12.2. The van der Waals surface area contributed by atoms with Crippen LogP contribution in [-0.2, 0) is 4.79 Å². The van der Waals surface area contributed by atoms with E-state index >= 15 is 0 Å². The number of allylic oxidation sites excluding steroid dienone is 1. The molecular weight excluding hydrogens is 309 g/mol. The van der Waals surface area contributed by atoms with E-state index in [2.05, 4.69) is 15.5 Å². The summed E-state index contributed by atoms with van der Waals surface area (Å²) < 4.78 is 0.194. The summed E-state index contributed by atoms with van der Waals surface area (Å²) in [6.07, 6.45) is 5.08. The van der Waals surface area contributed by atoms with Gasteiger partial charge in [0.1, 0.15) is 4.49 Å². The second kappa shape index (κ2) is 6.16. The number of pyridine rings is 1. The van der Waals surface area contributed by atoms with E-state index in [-0.39, 0.29) is 27.6 Å². The molecule has 0 aromatic carbocycles. The average molecular weight is 326 g/mol. The van der Waals surface area contributed by atoms with E-state index in [0.29, 0.717) is 0 Å². The van der Waals surface area contributed by atoms with Gasteiger partial charge in [-0.15, -0.1) is 0 Å². The number of aromatic nitrogens is 1. The average Bonchev–Trinajstić information content (AvgIpc) is 2.97. The lowest BCUT2D eigenvalue weighted by molar-refractivity contribution is -0.123. The van der Waals surface area contributed by atoms with Gasteiger partial charge in [-0.05, 0) is 36.5 Å². The minimum atomic E-state index is -0.168. The Kier molecular flexibility index (Phi) is 4.69. The van der Waals surface area contributed by atoms with Crippen LogP contribution in [0, 0.1) is 17.3 Å². The van der Waals surface area contributed by atoms with E-state index in [4.69, 9.17) is 23.2 Å². The molecule has 0 radical (unpaired) electrons. The number of amides is 1. The molecular formula is C15H17Cl2N3O. The summed E-state index contributed by atoms with van der Waals surface area (Å²) in [5.41, 5.74) is 4.11. The minimum Gasteiger partial charge on any atom is -0.273 e. The maximum Gasteiger partial charge on any atom is 0.244 e. The van der Waals surface area contributed by atoms with Crippen LogP contribution in [0.5, 0.6) is 0 Å². The molecule has 1 fully saturated rings. The van der Waals surface area contributed by atoms with Gasteiger partial charge in [-0.25, -0.2) is 5.43 Å². The molecule has 0 unspecified atom stereocenters. The molecule has 1 aliphatic carbocycles. The lowest BCUT2D eigenvalue weighted by Gasteiger charge is -2.03. The molecule has 112 valence electrons. The highest BCUT2D eigenvalue weighted by atomic mass is 35.5. The Labute approximate surface area is 134 Å². The first-order valence-electron chi connectivity index (χ1n) is 6.61. The van der Waals surface area contributed by atoms with Crippen molar-refractivity contribution in [3.8, 4) is 0 Å². The predicted octanol–water partition coefficient (Wildman–Crippen LogP) is 3.51. The largest absolute Gasteiger partial charge is 0.273 e. The monoisotopic (exact) mass is 325 g/mol. The van der Waals surface area contributed by atoms with Crippen molar-refractivity contribution < 1.29 is 4.79 Å². The summed E-state index contributed by atoms with van der Waals surface area (Å²) in [5.74, 6) is -0.248. The van der Waals surface area contributed by atoms with Gasteiger partial charge >= 0.3 is 0 Å². The van der Waals surface area contributed by atoms with Crippen molar-refractivity contribution in [1.29, 1.82) is 0 Å². The molecule has 4 nitrogen and oxygen atoms in total. The molecule has 0 bridgehead atoms. The van der Waals surface area contributed by atoms with E-state index < -0.39 is 0 Å². The number of rotatable bonds is 4. The molecule has 0 spiro atoms. The van der Waals surface area contributed by atoms with Crippen LogP contribution in [0.3, 0.4) is 0 Å². The molecule has 1 aliphatic rings. The second-order valence-corrected chi connectivity index (χ2v) is 6.70. The van der Waals surface area contributed by atoms with Crippen molar-refractivity contribution in [2.45, 2.75) is 20.8 Å². The normalized spacial score (nSPS) is 23.4. The third-order valence-corrected chi connectivity index (χ3v) is 4.18. The SMILES string of the molecule is C/C(=N/NC(=O)[C@@H]1[C@@H](C=C(Cl)Cl)C1(C)C)c1ccncc1. The Morgan fingerprint density at radius 1 is 1.38 bits per heavy atom. The number of carbonyl (C=O) groups is 1. The molecule has 1 N–H and O–H groups in total. The van der Waals surface area contributed by atoms with Gasteiger partial charge in [-0.1, -0.05) is 37.0 Å². The highest BCUT2D eigenvalue weighted by Crippen LogP contribution is 2.59. The molecule has 1 amide bonds. The van der Waals surface area contributed by atoms with Crippen LogP contribution in [0.4, 0.5) is 0 Å². The van der Waals surface area contributed by atoms with Gasteiger partial charge in [0.2, 0.25) is 5.91 Å². The van der Waals surface area contributed by atoms with Gasteiger partial charge in [-0.2, -0.15) is 5.10 Å². The number of halogens is 2. The van der Waals surface area contributed by atoms with Crippen molar-refractivity contribution in [2.24, 2.45) is 22.4 Å². The van der Waals surface area contributed by atoms with Crippen LogP contribution in [0.1, 0.15) is 26.3 Å². The number of hydrogen-bond donors (Lipinski definition) is 1. The second-order valence-electron chi connectivity index (χ2n) is 5.69. The molecule has 2 rings (SSSR count). The lowest BCUT2D eigenvalue weighted by Crippen LogP contribution is -2.23. The molecule has 1 aromatic rings. The summed E-state index contributed by atoms with van der Waals surface area (Å²) in [6, 6.07) is 3.68. The van der Waals surface area contributed by atoms with Crippen molar-refractivity contribution in [3.63, 3.8) is 0 Å². The zero-order valence-electron chi connectivity index (χ0n) is 12.1. The van der Waals surface area contributed by atoms with Gasteiger partial charge in [0, 0.05) is 18.0 Å². The Hall–Kier alpha value is -1.39. The topological polar surface area (TPSA) is 54.4 Å². The highest BCUT2D eigenvalue weighted by Gasteiger charge is 2.60. The minimum absolute atomic E-state index is 0.0407. The fourth-order valence-electron chi connectivity index (χ4n) is 2.49. The first kappa shape index (κ1) is 16.0. The fraction of sp³-hybridized carbons (Fsp3) is 0.400. The quantitative estimate of drug-likeness (QED) is 0.680. The van der Waals surface area contributed by atoms with Crippen molar-refractivity contribution >= 4 is 34.8 Å². The zero-order chi connectivity index (χ0) is 15.6. The van der Waals surface area contributed by atoms with Crippen LogP contribution in [-0.4, -0.2) is 16.6 Å². The van der Waals surface area contributed by atoms with E-state index in [1.165, 1.54) is 0 Å². The van der Waals surface area contributed by atoms with Crippen molar-refractivity contribution in [3.05, 3.63) is 40.7 Å². The summed E-state index contributed by atoms with van der Waals surface area (Å²) in [7, 11) is 0. The Morgan fingerprint density at radius 3 is 2.57 bits per heavy atom. The summed E-state index contributed by atoms with van der Waals surface area (Å²) >= 11 is 11.4. The Bertz CT molecular complexity index is 592. The number of hydrazone groups is 1. The fourth-order valence-corrected chi connectivity index (χ4v) is 2.76. The summed E-state index contributed by atoms with van der Waals surface area (Å²) in [4.78, 5) is 16.1. The van der Waals surface area contributed by atoms with Gasteiger partial charge < -0.3 is 0 Å². The van der Waals surface area contributed by atoms with Crippen molar-refractivity contribution in [2.75, 3.05) is 0 Å². The van der Waals surface area contributed by atoms with Gasteiger partial charge in [0.25, 0.3) is 0 Å². The van der Waals surface area contributed by atoms with E-state index in [1.54, 1.807) is 18.5 Å². The van der Waals surface area contributed by atoms with Crippen LogP contribution in [0.2, 0.25) is 0 Å². The lowest BCUT2D eigenvalue weighted by atomic mass is 10.1. The van der Waals surface area contributed by atoms with Crippen LogP contribution in [0.15, 0.2) is 40.2 Å². The van der Waals surface area contributed by atoms with Gasteiger partial charge in [0.15, 0.2) is 0 Å². The predicted molar refractivity (Wildman–Crippen MR) is 85.1 cm³/mol. The van der Waals surface area contributed by atoms with Crippen molar-refractivity contribution in [1.82, 2.24) is 10.4 Å². The molecule has 0 aliphatic heterocycles. The highest BCUT2D eigenvalue weighted by molar-refractivity contribution is 6.55. The molecule has 1 aromatic heterocycles. The zero-order valence-corrected chi connectivity index (χ0v) is 13.6. The van der Waals surface area contributed by atoms with E-state index in [0.717, 1.165) is 11.3 Å². The molecule has 6 heteroatoms. The first-order chi connectivity index (χ1) is 9.84. The smallest absolute Gasteiger partial charge is 0.244 e. The molecule has 1 saturated carbocycles. The third-order valence-electron chi connectivity index (χ3n) is 3.93. The summed E-state index contributed by atoms with van der Waals surface area (Å²) in [6.45, 7) is 5.85. The Morgan fingerprint density at radius 2 is 2.00 bits per heavy atom. The number of carbonyl (C=O) groups excluding carboxylic acids is 1. The number of nitrogens with zero attached hydrogens (tertiary/aromatic N) is 2. The number of hydrogen-bond acceptors (Lipinski definition) is 3. The van der Waals surface area contributed by atoms with E-state index in [1.807, 2.05) is 32.9 Å². The number of nitrogens with one attached hydrogen (secondary N) is 1. The Balaban J connectivity index is 2.02.